The molecule has 0 atom stereocenters. The number of rotatable bonds is 6. The van der Waals surface area contributed by atoms with Crippen LogP contribution in [0.15, 0.2) is 18.2 Å². The highest BCUT2D eigenvalue weighted by Crippen LogP contribution is 2.26. The molecule has 0 aliphatic carbocycles. The predicted octanol–water partition coefficient (Wildman–Crippen LogP) is 2.18. The normalized spacial score (nSPS) is 10.1. The quantitative estimate of drug-likeness (QED) is 0.460. The van der Waals surface area contributed by atoms with Crippen LogP contribution in [0.5, 0.6) is 0 Å². The van der Waals surface area contributed by atoms with Crippen LogP contribution in [0.3, 0.4) is 0 Å². The van der Waals surface area contributed by atoms with Crippen LogP contribution in [0.25, 0.3) is 0 Å². The van der Waals surface area contributed by atoms with E-state index in [1.807, 2.05) is 0 Å². The van der Waals surface area contributed by atoms with Crippen molar-refractivity contribution in [2.45, 2.75) is 6.42 Å². The SMILES string of the molecule is COCCCNc1c(F)cccc1[N+](=O)[O-]. The molecule has 0 spiro atoms. The Morgan fingerprint density at radius 3 is 2.94 bits per heavy atom. The molecular formula is C10H13FN2O3. The number of nitrogens with zero attached hydrogens (tertiary/aromatic N) is 1. The zero-order valence-corrected chi connectivity index (χ0v) is 8.90. The minimum absolute atomic E-state index is 0.0661. The summed E-state index contributed by atoms with van der Waals surface area (Å²) < 4.78 is 18.1. The van der Waals surface area contributed by atoms with Crippen LogP contribution < -0.4 is 5.32 Å². The minimum atomic E-state index is -0.619. The fraction of sp³-hybridized carbons (Fsp3) is 0.400. The third-order valence-corrected chi connectivity index (χ3v) is 2.02. The Labute approximate surface area is 92.4 Å². The Morgan fingerprint density at radius 1 is 1.56 bits per heavy atom. The van der Waals surface area contributed by atoms with E-state index in [0.29, 0.717) is 19.6 Å². The van der Waals surface area contributed by atoms with E-state index in [2.05, 4.69) is 5.32 Å². The second-order valence-corrected chi connectivity index (χ2v) is 3.16. The summed E-state index contributed by atoms with van der Waals surface area (Å²) in [5.41, 5.74) is -0.319. The second kappa shape index (κ2) is 6.02. The van der Waals surface area contributed by atoms with Crippen molar-refractivity contribution in [1.82, 2.24) is 0 Å². The molecule has 16 heavy (non-hydrogen) atoms. The summed E-state index contributed by atoms with van der Waals surface area (Å²) in [6.07, 6.45) is 0.655. The van der Waals surface area contributed by atoms with Crippen LogP contribution in [0.1, 0.15) is 6.42 Å². The molecule has 88 valence electrons. The number of anilines is 1. The van der Waals surface area contributed by atoms with Crippen molar-refractivity contribution in [2.24, 2.45) is 0 Å². The third kappa shape index (κ3) is 3.16. The highest BCUT2D eigenvalue weighted by molar-refractivity contribution is 5.62. The molecule has 0 amide bonds. The number of hydrogen-bond donors (Lipinski definition) is 1. The molecule has 0 saturated heterocycles. The third-order valence-electron chi connectivity index (χ3n) is 2.02. The standard InChI is InChI=1S/C10H13FN2O3/c1-16-7-3-6-12-10-8(11)4-2-5-9(10)13(14)15/h2,4-5,12H,3,6-7H2,1H3. The fourth-order valence-corrected chi connectivity index (χ4v) is 1.27. The number of hydrogen-bond acceptors (Lipinski definition) is 4. The molecule has 0 bridgehead atoms. The number of benzene rings is 1. The summed E-state index contributed by atoms with van der Waals surface area (Å²) in [7, 11) is 1.56. The average Bonchev–Trinajstić information content (AvgIpc) is 2.25. The largest absolute Gasteiger partial charge is 0.385 e. The zero-order valence-electron chi connectivity index (χ0n) is 8.90. The Kier molecular flexibility index (Phi) is 4.65. The summed E-state index contributed by atoms with van der Waals surface area (Å²) in [5.74, 6) is -0.619. The maximum Gasteiger partial charge on any atom is 0.295 e. The first-order valence-corrected chi connectivity index (χ1v) is 4.82. The molecular weight excluding hydrogens is 215 g/mol. The van der Waals surface area contributed by atoms with Crippen molar-refractivity contribution >= 4 is 11.4 Å². The first-order chi connectivity index (χ1) is 7.66. The van der Waals surface area contributed by atoms with Gasteiger partial charge in [-0.15, -0.1) is 0 Å². The lowest BCUT2D eigenvalue weighted by Crippen LogP contribution is -2.08. The molecule has 0 aromatic heterocycles. The maximum absolute atomic E-state index is 13.3. The molecule has 0 saturated carbocycles. The van der Waals surface area contributed by atoms with Gasteiger partial charge < -0.3 is 10.1 Å². The summed E-state index contributed by atoms with van der Waals surface area (Å²) in [4.78, 5) is 10.0. The number of nitro benzene ring substituents is 1. The molecule has 1 aromatic carbocycles. The van der Waals surface area contributed by atoms with Crippen molar-refractivity contribution < 1.29 is 14.1 Å². The van der Waals surface area contributed by atoms with Gasteiger partial charge in [-0.25, -0.2) is 4.39 Å². The highest BCUT2D eigenvalue weighted by atomic mass is 19.1. The summed E-state index contributed by atoms with van der Waals surface area (Å²) in [6.45, 7) is 0.949. The Morgan fingerprint density at radius 2 is 2.31 bits per heavy atom. The van der Waals surface area contributed by atoms with E-state index >= 15 is 0 Å². The molecule has 0 fully saturated rings. The molecule has 6 heteroatoms. The Balaban J connectivity index is 2.73. The second-order valence-electron chi connectivity index (χ2n) is 3.16. The Bertz CT molecular complexity index is 371. The highest BCUT2D eigenvalue weighted by Gasteiger charge is 2.16. The summed E-state index contributed by atoms with van der Waals surface area (Å²) in [6, 6.07) is 3.77. The van der Waals surface area contributed by atoms with Gasteiger partial charge in [0, 0.05) is 26.3 Å². The van der Waals surface area contributed by atoms with Gasteiger partial charge in [0.1, 0.15) is 5.69 Å². The van der Waals surface area contributed by atoms with E-state index in [1.54, 1.807) is 7.11 Å². The van der Waals surface area contributed by atoms with E-state index in [0.717, 1.165) is 0 Å². The smallest absolute Gasteiger partial charge is 0.295 e. The van der Waals surface area contributed by atoms with Gasteiger partial charge in [0.05, 0.1) is 4.92 Å². The van der Waals surface area contributed by atoms with Crippen molar-refractivity contribution in [3.8, 4) is 0 Å². The van der Waals surface area contributed by atoms with Crippen molar-refractivity contribution in [3.63, 3.8) is 0 Å². The van der Waals surface area contributed by atoms with E-state index in [-0.39, 0.29) is 11.4 Å². The Hall–Kier alpha value is -1.69. The van der Waals surface area contributed by atoms with Crippen LogP contribution >= 0.6 is 0 Å². The number of ether oxygens (including phenoxy) is 1. The van der Waals surface area contributed by atoms with E-state index in [4.69, 9.17) is 4.74 Å². The number of methoxy groups -OCH3 is 1. The van der Waals surface area contributed by atoms with Crippen molar-refractivity contribution in [1.29, 1.82) is 0 Å². The fourth-order valence-electron chi connectivity index (χ4n) is 1.27. The van der Waals surface area contributed by atoms with Gasteiger partial charge in [-0.05, 0) is 12.5 Å². The van der Waals surface area contributed by atoms with Gasteiger partial charge in [0.15, 0.2) is 5.82 Å². The lowest BCUT2D eigenvalue weighted by molar-refractivity contribution is -0.384. The topological polar surface area (TPSA) is 64.4 Å². The molecule has 0 aliphatic rings. The molecule has 1 N–H and O–H groups in total. The van der Waals surface area contributed by atoms with Gasteiger partial charge in [0.2, 0.25) is 0 Å². The van der Waals surface area contributed by atoms with Crippen LogP contribution in [0, 0.1) is 15.9 Å². The monoisotopic (exact) mass is 228 g/mol. The van der Waals surface area contributed by atoms with Crippen molar-refractivity contribution in [2.75, 3.05) is 25.6 Å². The van der Waals surface area contributed by atoms with Gasteiger partial charge in [0.25, 0.3) is 5.69 Å². The van der Waals surface area contributed by atoms with Crippen LogP contribution in [0.4, 0.5) is 15.8 Å². The van der Waals surface area contributed by atoms with Gasteiger partial charge in [-0.2, -0.15) is 0 Å². The number of para-hydroxylation sites is 1. The molecule has 1 aromatic rings. The number of halogens is 1. The number of nitrogens with one attached hydrogen (secondary N) is 1. The molecule has 1 rings (SSSR count). The first kappa shape index (κ1) is 12.4. The lowest BCUT2D eigenvalue weighted by Gasteiger charge is -2.07. The lowest BCUT2D eigenvalue weighted by atomic mass is 10.2. The van der Waals surface area contributed by atoms with Gasteiger partial charge in [-0.3, -0.25) is 10.1 Å². The first-order valence-electron chi connectivity index (χ1n) is 4.82. The van der Waals surface area contributed by atoms with E-state index in [1.165, 1.54) is 18.2 Å². The minimum Gasteiger partial charge on any atom is -0.385 e. The molecule has 0 aliphatic heterocycles. The van der Waals surface area contributed by atoms with Crippen LogP contribution in [0.2, 0.25) is 0 Å². The van der Waals surface area contributed by atoms with Gasteiger partial charge in [-0.1, -0.05) is 6.07 Å². The van der Waals surface area contributed by atoms with Crippen molar-refractivity contribution in [3.05, 3.63) is 34.1 Å². The summed E-state index contributed by atoms with van der Waals surface area (Å²) in [5, 5.41) is 13.3. The number of nitro groups is 1. The molecule has 0 unspecified atom stereocenters. The molecule has 5 nitrogen and oxygen atoms in total. The van der Waals surface area contributed by atoms with Crippen LogP contribution in [-0.2, 0) is 4.74 Å². The predicted molar refractivity (Wildman–Crippen MR) is 58.0 cm³/mol. The maximum atomic E-state index is 13.3. The zero-order chi connectivity index (χ0) is 12.0. The average molecular weight is 228 g/mol. The molecule has 0 heterocycles. The van der Waals surface area contributed by atoms with E-state index in [9.17, 15) is 14.5 Å². The van der Waals surface area contributed by atoms with Crippen LogP contribution in [-0.4, -0.2) is 25.2 Å². The molecule has 0 radical (unpaired) electrons. The van der Waals surface area contributed by atoms with E-state index < -0.39 is 10.7 Å². The van der Waals surface area contributed by atoms with Gasteiger partial charge >= 0.3 is 0 Å². The summed E-state index contributed by atoms with van der Waals surface area (Å²) >= 11 is 0.